The van der Waals surface area contributed by atoms with Crippen LogP contribution in [0.2, 0.25) is 0 Å². The van der Waals surface area contributed by atoms with E-state index in [4.69, 9.17) is 5.26 Å². The standard InChI is InChI=1S/C25H29N3O3S/c1-18-24(25(29)17-27-20-10-11-21(27)13-12-20)15-23(5-3-4-14-32(2,30)31)28(18)22-8-6-19(16-26)7-9-22/h3,5-9,15,20-21H,4,10-14,17H2,1-2H3/b5-3-. The Hall–Kier alpha value is -2.69. The fraction of sp³-hybridized carbons (Fsp3) is 0.440. The summed E-state index contributed by atoms with van der Waals surface area (Å²) in [5.41, 5.74) is 3.82. The van der Waals surface area contributed by atoms with Gasteiger partial charge in [-0.05, 0) is 75.4 Å². The molecule has 32 heavy (non-hydrogen) atoms. The first-order valence-electron chi connectivity index (χ1n) is 11.1. The minimum Gasteiger partial charge on any atom is -0.314 e. The fourth-order valence-corrected chi connectivity index (χ4v) is 5.64. The van der Waals surface area contributed by atoms with Crippen molar-refractivity contribution in [1.82, 2.24) is 9.47 Å². The zero-order valence-electron chi connectivity index (χ0n) is 18.6. The van der Waals surface area contributed by atoms with Crippen LogP contribution in [0, 0.1) is 18.3 Å². The van der Waals surface area contributed by atoms with Crippen LogP contribution in [0.5, 0.6) is 0 Å². The van der Waals surface area contributed by atoms with E-state index >= 15 is 0 Å². The molecule has 0 spiro atoms. The van der Waals surface area contributed by atoms with Gasteiger partial charge in [0.1, 0.15) is 9.84 Å². The van der Waals surface area contributed by atoms with Crippen molar-refractivity contribution in [3.05, 3.63) is 58.9 Å². The second-order valence-electron chi connectivity index (χ2n) is 8.94. The van der Waals surface area contributed by atoms with E-state index in [0.717, 1.165) is 17.1 Å². The summed E-state index contributed by atoms with van der Waals surface area (Å²) in [5, 5.41) is 9.11. The van der Waals surface area contributed by atoms with Crippen molar-refractivity contribution in [1.29, 1.82) is 5.26 Å². The molecule has 0 radical (unpaired) electrons. The maximum atomic E-state index is 13.3. The third-order valence-electron chi connectivity index (χ3n) is 6.70. The molecule has 1 aromatic heterocycles. The Kier molecular flexibility index (Phi) is 6.36. The average molecular weight is 452 g/mol. The molecule has 2 aliphatic heterocycles. The van der Waals surface area contributed by atoms with Gasteiger partial charge in [0.25, 0.3) is 0 Å². The smallest absolute Gasteiger partial charge is 0.178 e. The lowest BCUT2D eigenvalue weighted by Crippen LogP contribution is -2.34. The summed E-state index contributed by atoms with van der Waals surface area (Å²) in [6, 6.07) is 12.4. The maximum Gasteiger partial charge on any atom is 0.178 e. The van der Waals surface area contributed by atoms with Crippen LogP contribution in [0.3, 0.4) is 0 Å². The number of Topliss-reactive ketones (excluding diaryl/α,β-unsaturated/α-hetero) is 1. The van der Waals surface area contributed by atoms with Crippen molar-refractivity contribution in [2.45, 2.75) is 51.1 Å². The Morgan fingerprint density at radius 2 is 1.78 bits per heavy atom. The molecule has 2 bridgehead atoms. The SMILES string of the molecule is Cc1c(C(=O)CN2C3CCC2CC3)cc(/C=C\CCS(C)(=O)=O)n1-c1ccc(C#N)cc1. The molecular weight excluding hydrogens is 422 g/mol. The molecule has 0 unspecified atom stereocenters. The lowest BCUT2D eigenvalue weighted by atomic mass is 10.0. The van der Waals surface area contributed by atoms with Gasteiger partial charge >= 0.3 is 0 Å². The molecule has 168 valence electrons. The van der Waals surface area contributed by atoms with Crippen LogP contribution < -0.4 is 0 Å². The highest BCUT2D eigenvalue weighted by atomic mass is 32.2. The number of nitriles is 1. The first-order chi connectivity index (χ1) is 15.3. The van der Waals surface area contributed by atoms with Gasteiger partial charge in [0.05, 0.1) is 23.9 Å². The van der Waals surface area contributed by atoms with Crippen LogP contribution in [-0.4, -0.2) is 54.3 Å². The van der Waals surface area contributed by atoms with Crippen molar-refractivity contribution in [3.63, 3.8) is 0 Å². The van der Waals surface area contributed by atoms with E-state index in [-0.39, 0.29) is 11.5 Å². The van der Waals surface area contributed by atoms with Crippen LogP contribution in [0.4, 0.5) is 0 Å². The highest BCUT2D eigenvalue weighted by Crippen LogP contribution is 2.37. The van der Waals surface area contributed by atoms with Crippen molar-refractivity contribution >= 4 is 21.7 Å². The molecule has 2 fully saturated rings. The summed E-state index contributed by atoms with van der Waals surface area (Å²) in [6.07, 6.45) is 10.1. The lowest BCUT2D eigenvalue weighted by Gasteiger charge is -2.20. The third-order valence-corrected chi connectivity index (χ3v) is 7.68. The molecule has 0 N–H and O–H groups in total. The van der Waals surface area contributed by atoms with Crippen LogP contribution in [0.1, 0.15) is 59.4 Å². The van der Waals surface area contributed by atoms with Gasteiger partial charge in [-0.2, -0.15) is 5.26 Å². The third kappa shape index (κ3) is 4.72. The van der Waals surface area contributed by atoms with E-state index in [9.17, 15) is 13.2 Å². The van der Waals surface area contributed by atoms with Gasteiger partial charge in [-0.25, -0.2) is 8.42 Å². The number of ketones is 1. The quantitative estimate of drug-likeness (QED) is 0.568. The summed E-state index contributed by atoms with van der Waals surface area (Å²) in [7, 11) is -3.03. The number of carbonyl (C=O) groups is 1. The second kappa shape index (κ2) is 9.05. The molecule has 7 heteroatoms. The number of benzene rings is 1. The number of carbonyl (C=O) groups excluding carboxylic acids is 1. The second-order valence-corrected chi connectivity index (χ2v) is 11.2. The van der Waals surface area contributed by atoms with E-state index in [1.807, 2.05) is 41.8 Å². The highest BCUT2D eigenvalue weighted by molar-refractivity contribution is 7.90. The molecule has 6 nitrogen and oxygen atoms in total. The molecule has 4 rings (SSSR count). The summed E-state index contributed by atoms with van der Waals surface area (Å²) < 4.78 is 24.9. The Morgan fingerprint density at radius 3 is 2.34 bits per heavy atom. The average Bonchev–Trinajstić information content (AvgIpc) is 3.43. The van der Waals surface area contributed by atoms with Crippen LogP contribution in [0.15, 0.2) is 36.4 Å². The number of hydrogen-bond acceptors (Lipinski definition) is 5. The molecule has 3 heterocycles. The summed E-state index contributed by atoms with van der Waals surface area (Å²) in [5.74, 6) is 0.211. The van der Waals surface area contributed by atoms with Crippen LogP contribution >= 0.6 is 0 Å². The van der Waals surface area contributed by atoms with Crippen molar-refractivity contribution in [3.8, 4) is 11.8 Å². The Bertz CT molecular complexity index is 1170. The van der Waals surface area contributed by atoms with Crippen molar-refractivity contribution in [2.75, 3.05) is 18.6 Å². The lowest BCUT2D eigenvalue weighted by molar-refractivity contribution is 0.0917. The Morgan fingerprint density at radius 1 is 1.16 bits per heavy atom. The normalized spacial score (nSPS) is 20.8. The van der Waals surface area contributed by atoms with Gasteiger partial charge in [0.15, 0.2) is 5.78 Å². The van der Waals surface area contributed by atoms with Crippen LogP contribution in [0.25, 0.3) is 11.8 Å². The number of sulfone groups is 1. The fourth-order valence-electron chi connectivity index (χ4n) is 5.08. The maximum absolute atomic E-state index is 13.3. The van der Waals surface area contributed by atoms with Gasteiger partial charge in [0.2, 0.25) is 0 Å². The number of nitrogens with zero attached hydrogens (tertiary/aromatic N) is 3. The molecule has 0 saturated carbocycles. The van der Waals surface area contributed by atoms with Crippen molar-refractivity contribution in [2.24, 2.45) is 0 Å². The molecule has 2 saturated heterocycles. The monoisotopic (exact) mass is 451 g/mol. The minimum absolute atomic E-state index is 0.0869. The minimum atomic E-state index is -3.03. The van der Waals surface area contributed by atoms with Crippen molar-refractivity contribution < 1.29 is 13.2 Å². The van der Waals surface area contributed by atoms with E-state index in [1.54, 1.807) is 12.1 Å². The number of aromatic nitrogens is 1. The molecule has 1 aromatic carbocycles. The van der Waals surface area contributed by atoms with Gasteiger partial charge in [-0.3, -0.25) is 9.69 Å². The zero-order chi connectivity index (χ0) is 22.9. The van der Waals surface area contributed by atoms with E-state index in [1.165, 1.54) is 31.9 Å². The Labute approximate surface area is 190 Å². The topological polar surface area (TPSA) is 83.2 Å². The summed E-state index contributed by atoms with van der Waals surface area (Å²) in [4.78, 5) is 15.7. The molecule has 0 aliphatic carbocycles. The molecule has 2 aromatic rings. The van der Waals surface area contributed by atoms with E-state index in [0.29, 0.717) is 36.2 Å². The number of allylic oxidation sites excluding steroid dienone is 1. The van der Waals surface area contributed by atoms with Gasteiger partial charge in [0, 0.05) is 41.0 Å². The first kappa shape index (κ1) is 22.5. The molecule has 2 aliphatic rings. The van der Waals surface area contributed by atoms with Gasteiger partial charge in [-0.1, -0.05) is 6.08 Å². The Balaban J connectivity index is 1.64. The van der Waals surface area contributed by atoms with Gasteiger partial charge in [-0.15, -0.1) is 0 Å². The summed E-state index contributed by atoms with van der Waals surface area (Å²) in [6.45, 7) is 2.39. The first-order valence-corrected chi connectivity index (χ1v) is 13.2. The largest absolute Gasteiger partial charge is 0.314 e. The predicted molar refractivity (Wildman–Crippen MR) is 126 cm³/mol. The van der Waals surface area contributed by atoms with E-state index in [2.05, 4.69) is 11.0 Å². The summed E-state index contributed by atoms with van der Waals surface area (Å²) >= 11 is 0. The molecule has 0 amide bonds. The number of hydrogen-bond donors (Lipinski definition) is 0. The predicted octanol–water partition coefficient (Wildman–Crippen LogP) is 3.91. The highest BCUT2D eigenvalue weighted by Gasteiger charge is 2.40. The molecular formula is C25H29N3O3S. The number of fused-ring (bicyclic) bond motifs is 2. The van der Waals surface area contributed by atoms with Gasteiger partial charge < -0.3 is 4.57 Å². The zero-order valence-corrected chi connectivity index (χ0v) is 19.4. The van der Waals surface area contributed by atoms with Crippen LogP contribution in [-0.2, 0) is 9.84 Å². The molecule has 0 atom stereocenters. The number of rotatable bonds is 8. The van der Waals surface area contributed by atoms with E-state index < -0.39 is 9.84 Å².